The van der Waals surface area contributed by atoms with Crippen LogP contribution in [0.15, 0.2) is 24.3 Å². The number of nitrogens with one attached hydrogen (secondary N) is 1. The van der Waals surface area contributed by atoms with Crippen LogP contribution in [0.5, 0.6) is 0 Å². The van der Waals surface area contributed by atoms with Gasteiger partial charge in [0, 0.05) is 10.6 Å². The molecule has 1 nitrogen and oxygen atoms in total. The Kier molecular flexibility index (Phi) is 4.11. The molecule has 94 valence electrons. The Bertz CT molecular complexity index is 367. The van der Waals surface area contributed by atoms with Gasteiger partial charge in [0.1, 0.15) is 0 Å². The lowest BCUT2D eigenvalue weighted by Crippen LogP contribution is -2.43. The molecule has 0 amide bonds. The van der Waals surface area contributed by atoms with E-state index in [-0.39, 0.29) is 5.54 Å². The first-order chi connectivity index (χ1) is 8.11. The molecular formula is C15H22ClN. The van der Waals surface area contributed by atoms with Crippen LogP contribution >= 0.6 is 11.6 Å². The molecule has 1 heterocycles. The van der Waals surface area contributed by atoms with Gasteiger partial charge in [-0.25, -0.2) is 0 Å². The van der Waals surface area contributed by atoms with Crippen LogP contribution in [-0.2, 0) is 6.42 Å². The van der Waals surface area contributed by atoms with Crippen LogP contribution in [-0.4, -0.2) is 12.1 Å². The highest BCUT2D eigenvalue weighted by Gasteiger charge is 2.34. The topological polar surface area (TPSA) is 12.0 Å². The van der Waals surface area contributed by atoms with E-state index in [4.69, 9.17) is 11.6 Å². The van der Waals surface area contributed by atoms with Crippen molar-refractivity contribution in [1.29, 1.82) is 0 Å². The van der Waals surface area contributed by atoms with E-state index in [0.29, 0.717) is 0 Å². The summed E-state index contributed by atoms with van der Waals surface area (Å²) < 4.78 is 0. The molecule has 1 saturated heterocycles. The van der Waals surface area contributed by atoms with Crippen LogP contribution in [0.4, 0.5) is 0 Å². The van der Waals surface area contributed by atoms with Gasteiger partial charge in [-0.1, -0.05) is 43.6 Å². The highest BCUT2D eigenvalue weighted by Crippen LogP contribution is 2.32. The number of halogens is 1. The SMILES string of the molecule is CC(C)CC1(Cc2ccccc2Cl)CCCN1. The smallest absolute Gasteiger partial charge is 0.0438 e. The fourth-order valence-corrected chi connectivity index (χ4v) is 3.26. The predicted octanol–water partition coefficient (Wildman–Crippen LogP) is 4.05. The van der Waals surface area contributed by atoms with E-state index in [1.165, 1.54) is 24.8 Å². The standard InChI is InChI=1S/C15H22ClN/c1-12(2)10-15(8-5-9-17-15)11-13-6-3-4-7-14(13)16/h3-4,6-7,12,17H,5,8-11H2,1-2H3. The minimum atomic E-state index is 0.277. The molecule has 1 aromatic rings. The number of rotatable bonds is 4. The molecule has 1 aromatic carbocycles. The minimum absolute atomic E-state index is 0.277. The van der Waals surface area contributed by atoms with E-state index < -0.39 is 0 Å². The van der Waals surface area contributed by atoms with Gasteiger partial charge in [-0.3, -0.25) is 0 Å². The Morgan fingerprint density at radius 3 is 2.71 bits per heavy atom. The molecule has 0 aliphatic carbocycles. The predicted molar refractivity (Wildman–Crippen MR) is 74.6 cm³/mol. The average Bonchev–Trinajstić information content (AvgIpc) is 2.69. The Morgan fingerprint density at radius 1 is 1.35 bits per heavy atom. The summed E-state index contributed by atoms with van der Waals surface area (Å²) in [6.07, 6.45) is 4.86. The Morgan fingerprint density at radius 2 is 2.12 bits per heavy atom. The zero-order chi connectivity index (χ0) is 12.3. The van der Waals surface area contributed by atoms with Crippen molar-refractivity contribution in [3.05, 3.63) is 34.9 Å². The lowest BCUT2D eigenvalue weighted by Gasteiger charge is -2.32. The Balaban J connectivity index is 2.15. The average molecular weight is 252 g/mol. The molecule has 1 fully saturated rings. The first-order valence-electron chi connectivity index (χ1n) is 6.60. The second-order valence-corrected chi connectivity index (χ2v) is 6.08. The normalized spacial score (nSPS) is 24.5. The lowest BCUT2D eigenvalue weighted by atomic mass is 9.82. The number of hydrogen-bond donors (Lipinski definition) is 1. The summed E-state index contributed by atoms with van der Waals surface area (Å²) in [5.41, 5.74) is 1.56. The molecule has 2 heteroatoms. The lowest BCUT2D eigenvalue weighted by molar-refractivity contribution is 0.301. The summed E-state index contributed by atoms with van der Waals surface area (Å²) in [7, 11) is 0. The summed E-state index contributed by atoms with van der Waals surface area (Å²) in [6.45, 7) is 5.75. The second-order valence-electron chi connectivity index (χ2n) is 5.68. The van der Waals surface area contributed by atoms with E-state index in [2.05, 4.69) is 31.3 Å². The van der Waals surface area contributed by atoms with Gasteiger partial charge in [0.2, 0.25) is 0 Å². The van der Waals surface area contributed by atoms with Crippen molar-refractivity contribution in [2.24, 2.45) is 5.92 Å². The van der Waals surface area contributed by atoms with Gasteiger partial charge in [-0.15, -0.1) is 0 Å². The molecular weight excluding hydrogens is 230 g/mol. The van der Waals surface area contributed by atoms with Gasteiger partial charge in [0.05, 0.1) is 0 Å². The van der Waals surface area contributed by atoms with E-state index in [0.717, 1.165) is 23.9 Å². The van der Waals surface area contributed by atoms with Crippen molar-refractivity contribution in [3.8, 4) is 0 Å². The van der Waals surface area contributed by atoms with Crippen LogP contribution in [0.25, 0.3) is 0 Å². The van der Waals surface area contributed by atoms with Gasteiger partial charge in [-0.2, -0.15) is 0 Å². The van der Waals surface area contributed by atoms with Crippen molar-refractivity contribution < 1.29 is 0 Å². The van der Waals surface area contributed by atoms with Crippen LogP contribution < -0.4 is 5.32 Å². The maximum atomic E-state index is 6.27. The molecule has 17 heavy (non-hydrogen) atoms. The third-order valence-corrected chi connectivity index (χ3v) is 3.99. The Labute approximate surface area is 110 Å². The maximum Gasteiger partial charge on any atom is 0.0438 e. The molecule has 0 saturated carbocycles. The molecule has 0 aromatic heterocycles. The summed E-state index contributed by atoms with van der Waals surface area (Å²) in [4.78, 5) is 0. The van der Waals surface area contributed by atoms with Gasteiger partial charge in [0.15, 0.2) is 0 Å². The van der Waals surface area contributed by atoms with E-state index in [9.17, 15) is 0 Å². The van der Waals surface area contributed by atoms with Crippen LogP contribution in [0, 0.1) is 5.92 Å². The van der Waals surface area contributed by atoms with Crippen LogP contribution in [0.3, 0.4) is 0 Å². The molecule has 1 atom stereocenters. The minimum Gasteiger partial charge on any atom is -0.311 e. The first kappa shape index (κ1) is 12.9. The summed E-state index contributed by atoms with van der Waals surface area (Å²) in [5, 5.41) is 4.63. The summed E-state index contributed by atoms with van der Waals surface area (Å²) in [6, 6.07) is 8.24. The third kappa shape index (κ3) is 3.23. The fourth-order valence-electron chi connectivity index (χ4n) is 3.05. The van der Waals surface area contributed by atoms with Gasteiger partial charge in [0.25, 0.3) is 0 Å². The van der Waals surface area contributed by atoms with Gasteiger partial charge in [-0.05, 0) is 49.8 Å². The summed E-state index contributed by atoms with van der Waals surface area (Å²) >= 11 is 6.27. The third-order valence-electron chi connectivity index (χ3n) is 3.62. The van der Waals surface area contributed by atoms with Crippen molar-refractivity contribution >= 4 is 11.6 Å². The number of benzene rings is 1. The van der Waals surface area contributed by atoms with E-state index >= 15 is 0 Å². The van der Waals surface area contributed by atoms with E-state index in [1.54, 1.807) is 0 Å². The molecule has 1 aliphatic rings. The molecule has 1 unspecified atom stereocenters. The molecule has 2 rings (SSSR count). The van der Waals surface area contributed by atoms with Gasteiger partial charge < -0.3 is 5.32 Å². The molecule has 0 bridgehead atoms. The monoisotopic (exact) mass is 251 g/mol. The molecule has 1 aliphatic heterocycles. The zero-order valence-electron chi connectivity index (χ0n) is 10.8. The Hall–Kier alpha value is -0.530. The summed E-state index contributed by atoms with van der Waals surface area (Å²) in [5.74, 6) is 0.725. The molecule has 0 spiro atoms. The van der Waals surface area contributed by atoms with Crippen molar-refractivity contribution in [3.63, 3.8) is 0 Å². The quantitative estimate of drug-likeness (QED) is 0.851. The van der Waals surface area contributed by atoms with Crippen molar-refractivity contribution in [2.45, 2.75) is 45.1 Å². The van der Waals surface area contributed by atoms with Crippen LogP contribution in [0.1, 0.15) is 38.7 Å². The largest absolute Gasteiger partial charge is 0.311 e. The maximum absolute atomic E-state index is 6.27. The highest BCUT2D eigenvalue weighted by molar-refractivity contribution is 6.31. The van der Waals surface area contributed by atoms with Crippen molar-refractivity contribution in [2.75, 3.05) is 6.54 Å². The van der Waals surface area contributed by atoms with Gasteiger partial charge >= 0.3 is 0 Å². The van der Waals surface area contributed by atoms with Crippen LogP contribution in [0.2, 0.25) is 5.02 Å². The molecule has 0 radical (unpaired) electrons. The highest BCUT2D eigenvalue weighted by atomic mass is 35.5. The second kappa shape index (κ2) is 5.41. The number of hydrogen-bond acceptors (Lipinski definition) is 1. The van der Waals surface area contributed by atoms with E-state index in [1.807, 2.05) is 12.1 Å². The fraction of sp³-hybridized carbons (Fsp3) is 0.600. The zero-order valence-corrected chi connectivity index (χ0v) is 11.6. The first-order valence-corrected chi connectivity index (χ1v) is 6.98. The molecule has 1 N–H and O–H groups in total. The van der Waals surface area contributed by atoms with Crippen molar-refractivity contribution in [1.82, 2.24) is 5.32 Å².